The fourth-order valence-corrected chi connectivity index (χ4v) is 7.68. The summed E-state index contributed by atoms with van der Waals surface area (Å²) in [5.41, 5.74) is 3.03. The lowest BCUT2D eigenvalue weighted by Crippen LogP contribution is -2.67. The zero-order valence-corrected chi connectivity index (χ0v) is 26.1. The molecule has 0 radical (unpaired) electrons. The van der Waals surface area contributed by atoms with Crippen molar-refractivity contribution in [1.82, 2.24) is 34.2 Å². The van der Waals surface area contributed by atoms with E-state index in [4.69, 9.17) is 9.72 Å². The van der Waals surface area contributed by atoms with Crippen molar-refractivity contribution in [3.63, 3.8) is 0 Å². The van der Waals surface area contributed by atoms with Gasteiger partial charge in [0.1, 0.15) is 10.5 Å². The minimum absolute atomic E-state index is 0.00843. The molecule has 0 aromatic carbocycles. The molecule has 14 heteroatoms. The number of pyridine rings is 3. The Morgan fingerprint density at radius 1 is 1.09 bits per heavy atom. The monoisotopic (exact) mass is 629 g/mol. The molecule has 1 N–H and O–H groups in total. The van der Waals surface area contributed by atoms with Crippen molar-refractivity contribution in [2.75, 3.05) is 19.6 Å². The summed E-state index contributed by atoms with van der Waals surface area (Å²) in [6.45, 7) is 12.6. The van der Waals surface area contributed by atoms with Crippen molar-refractivity contribution < 1.29 is 26.3 Å². The topological polar surface area (TPSA) is 115 Å². The summed E-state index contributed by atoms with van der Waals surface area (Å²) in [5.74, 6) is -1.34. The second kappa shape index (κ2) is 10.2. The maximum Gasteiger partial charge on any atom is 0.452 e. The quantitative estimate of drug-likeness (QED) is 0.350. The molecular formula is C30H34F3N7O3S. The number of nitrogens with one attached hydrogen (secondary N) is 1. The number of hydrogen-bond acceptors (Lipinski definition) is 8. The van der Waals surface area contributed by atoms with Gasteiger partial charge in [0.15, 0.2) is 5.65 Å². The van der Waals surface area contributed by atoms with Gasteiger partial charge >= 0.3 is 6.18 Å². The lowest BCUT2D eigenvalue weighted by atomic mass is 9.73. The molecule has 2 aliphatic heterocycles. The van der Waals surface area contributed by atoms with Gasteiger partial charge in [-0.3, -0.25) is 9.38 Å². The molecule has 6 heterocycles. The number of halogens is 3. The Morgan fingerprint density at radius 2 is 1.82 bits per heavy atom. The van der Waals surface area contributed by atoms with Crippen LogP contribution in [0.1, 0.15) is 66.2 Å². The molecule has 10 nitrogen and oxygen atoms in total. The first-order valence-corrected chi connectivity index (χ1v) is 15.7. The van der Waals surface area contributed by atoms with Gasteiger partial charge in [0.05, 0.1) is 18.8 Å². The van der Waals surface area contributed by atoms with Crippen LogP contribution >= 0.6 is 0 Å². The predicted octanol–water partition coefficient (Wildman–Crippen LogP) is 4.57. The van der Waals surface area contributed by atoms with Gasteiger partial charge in [0.2, 0.25) is 21.7 Å². The van der Waals surface area contributed by atoms with Gasteiger partial charge in [-0.1, -0.05) is 26.8 Å². The SMILES string of the molecule is Cc1cnc2c(c1)S(=O)(=O)N(Cc1nc(C(c3ccn4c(C(F)(F)F)nnc4c3C)C(C)(C)C)ccc1C)CC1(CNC1)O2. The highest BCUT2D eigenvalue weighted by molar-refractivity contribution is 7.89. The average molecular weight is 630 g/mol. The summed E-state index contributed by atoms with van der Waals surface area (Å²) in [6, 6.07) is 7.04. The fourth-order valence-electron chi connectivity index (χ4n) is 6.05. The van der Waals surface area contributed by atoms with Crippen LogP contribution in [0.2, 0.25) is 0 Å². The molecule has 234 valence electrons. The van der Waals surface area contributed by atoms with E-state index in [2.05, 4.69) is 20.5 Å². The minimum atomic E-state index is -4.65. The van der Waals surface area contributed by atoms with Crippen molar-refractivity contribution in [3.05, 3.63) is 76.1 Å². The second-order valence-corrected chi connectivity index (χ2v) is 14.8. The molecule has 1 fully saturated rings. The molecule has 1 unspecified atom stereocenters. The Balaban J connectivity index is 1.43. The van der Waals surface area contributed by atoms with Crippen LogP contribution in [0.15, 0.2) is 41.6 Å². The Labute approximate surface area is 253 Å². The maximum atomic E-state index is 14.0. The smallest absolute Gasteiger partial charge is 0.452 e. The lowest BCUT2D eigenvalue weighted by Gasteiger charge is -2.42. The number of ether oxygens (including phenoxy) is 1. The summed E-state index contributed by atoms with van der Waals surface area (Å²) in [7, 11) is -3.99. The van der Waals surface area contributed by atoms with Crippen molar-refractivity contribution in [1.29, 1.82) is 0 Å². The van der Waals surface area contributed by atoms with Gasteiger partial charge in [-0.15, -0.1) is 10.2 Å². The predicted molar refractivity (Wildman–Crippen MR) is 156 cm³/mol. The molecule has 0 amide bonds. The van der Waals surface area contributed by atoms with E-state index in [9.17, 15) is 21.6 Å². The fraction of sp³-hybridized carbons (Fsp3) is 0.467. The van der Waals surface area contributed by atoms with E-state index < -0.39 is 33.0 Å². The van der Waals surface area contributed by atoms with Gasteiger partial charge in [-0.25, -0.2) is 13.4 Å². The van der Waals surface area contributed by atoms with Crippen molar-refractivity contribution in [2.45, 2.75) is 70.7 Å². The van der Waals surface area contributed by atoms with Crippen LogP contribution < -0.4 is 10.1 Å². The number of alkyl halides is 3. The Hall–Kier alpha value is -3.62. The summed E-state index contributed by atoms with van der Waals surface area (Å²) in [5, 5.41) is 10.5. The van der Waals surface area contributed by atoms with E-state index in [1.807, 2.05) is 39.8 Å². The van der Waals surface area contributed by atoms with E-state index in [1.165, 1.54) is 10.5 Å². The standard InChI is InChI=1S/C30H34F3N7O3S/c1-17-11-23-26(35-12-17)43-29(14-34-15-29)16-39(44(23,41)42)13-22-18(2)7-8-21(36-22)24(28(4,5)6)20-9-10-40-25(19(20)3)37-38-27(40)30(31,32)33/h7-12,24,34H,13-16H2,1-6H3. The number of aryl methyl sites for hydroxylation is 3. The number of nitrogens with zero attached hydrogens (tertiary/aromatic N) is 6. The molecule has 1 atom stereocenters. The van der Waals surface area contributed by atoms with Crippen LogP contribution in [-0.2, 0) is 22.7 Å². The van der Waals surface area contributed by atoms with E-state index in [1.54, 1.807) is 32.2 Å². The highest BCUT2D eigenvalue weighted by Gasteiger charge is 2.48. The normalized spacial score (nSPS) is 18.8. The van der Waals surface area contributed by atoms with Crippen LogP contribution in [0.5, 0.6) is 5.88 Å². The third kappa shape index (κ3) is 5.12. The molecule has 4 aromatic heterocycles. The molecule has 6 rings (SSSR count). The first-order chi connectivity index (χ1) is 20.5. The highest BCUT2D eigenvalue weighted by atomic mass is 32.2. The van der Waals surface area contributed by atoms with Gasteiger partial charge in [0, 0.05) is 37.1 Å². The number of sulfonamides is 1. The van der Waals surface area contributed by atoms with Crippen molar-refractivity contribution >= 4 is 15.7 Å². The molecule has 0 aliphatic carbocycles. The molecule has 2 aliphatic rings. The summed E-state index contributed by atoms with van der Waals surface area (Å²) in [4.78, 5) is 9.37. The summed E-state index contributed by atoms with van der Waals surface area (Å²) in [6.07, 6.45) is -1.71. The van der Waals surface area contributed by atoms with Crippen LogP contribution in [0.3, 0.4) is 0 Å². The van der Waals surface area contributed by atoms with E-state index >= 15 is 0 Å². The van der Waals surface area contributed by atoms with Crippen molar-refractivity contribution in [2.24, 2.45) is 5.41 Å². The minimum Gasteiger partial charge on any atom is -0.466 e. The highest BCUT2D eigenvalue weighted by Crippen LogP contribution is 2.43. The van der Waals surface area contributed by atoms with E-state index in [0.29, 0.717) is 35.6 Å². The summed E-state index contributed by atoms with van der Waals surface area (Å²) >= 11 is 0. The zero-order chi connectivity index (χ0) is 31.8. The third-order valence-corrected chi connectivity index (χ3v) is 10.2. The molecule has 1 spiro atoms. The van der Waals surface area contributed by atoms with E-state index in [0.717, 1.165) is 15.5 Å². The lowest BCUT2D eigenvalue weighted by molar-refractivity contribution is -0.145. The number of fused-ring (bicyclic) bond motifs is 2. The summed E-state index contributed by atoms with van der Waals surface area (Å²) < 4.78 is 77.2. The van der Waals surface area contributed by atoms with E-state index in [-0.39, 0.29) is 35.4 Å². The Morgan fingerprint density at radius 3 is 2.45 bits per heavy atom. The first kappa shape index (κ1) is 30.4. The van der Waals surface area contributed by atoms with Gasteiger partial charge in [0.25, 0.3) is 0 Å². The van der Waals surface area contributed by atoms with Gasteiger partial charge in [-0.05, 0) is 66.6 Å². The van der Waals surface area contributed by atoms with Crippen LogP contribution in [-0.4, -0.2) is 62.5 Å². The van der Waals surface area contributed by atoms with Gasteiger partial charge in [-0.2, -0.15) is 17.5 Å². The number of hydrogen-bond donors (Lipinski definition) is 1. The molecule has 44 heavy (non-hydrogen) atoms. The van der Waals surface area contributed by atoms with Crippen LogP contribution in [0.4, 0.5) is 13.2 Å². The zero-order valence-electron chi connectivity index (χ0n) is 25.3. The first-order valence-electron chi connectivity index (χ1n) is 14.2. The largest absolute Gasteiger partial charge is 0.466 e. The van der Waals surface area contributed by atoms with Gasteiger partial charge < -0.3 is 10.1 Å². The third-order valence-electron chi connectivity index (χ3n) is 8.39. The molecule has 4 aromatic rings. The molecular weight excluding hydrogens is 595 g/mol. The second-order valence-electron chi connectivity index (χ2n) is 12.9. The number of rotatable bonds is 4. The molecule has 0 bridgehead atoms. The Kier molecular flexibility index (Phi) is 7.06. The molecule has 0 saturated carbocycles. The average Bonchev–Trinajstić information content (AvgIpc) is 3.32. The van der Waals surface area contributed by atoms with Crippen LogP contribution in [0, 0.1) is 26.2 Å². The Bertz CT molecular complexity index is 1880. The van der Waals surface area contributed by atoms with Crippen molar-refractivity contribution in [3.8, 4) is 5.88 Å². The molecule has 1 saturated heterocycles. The number of aromatic nitrogens is 5. The maximum absolute atomic E-state index is 14.0. The van der Waals surface area contributed by atoms with Crippen LogP contribution in [0.25, 0.3) is 5.65 Å².